The Kier molecular flexibility index (Phi) is 4.33. The van der Waals surface area contributed by atoms with Gasteiger partial charge < -0.3 is 9.32 Å². The van der Waals surface area contributed by atoms with E-state index in [0.717, 1.165) is 44.3 Å². The fraction of sp³-hybridized carbons (Fsp3) is 0.250. The molecular weight excluding hydrogens is 378 g/mol. The zero-order valence-electron chi connectivity index (χ0n) is 14.6. The van der Waals surface area contributed by atoms with Crippen LogP contribution in [0.25, 0.3) is 21.7 Å². The molecule has 1 aliphatic rings. The first-order valence-electron chi connectivity index (χ1n) is 8.94. The molecule has 1 aliphatic heterocycles. The van der Waals surface area contributed by atoms with Gasteiger partial charge in [0.15, 0.2) is 4.34 Å². The summed E-state index contributed by atoms with van der Waals surface area (Å²) in [5.41, 5.74) is 1.29. The van der Waals surface area contributed by atoms with Crippen LogP contribution in [0.1, 0.15) is 18.4 Å². The molecule has 0 amide bonds. The van der Waals surface area contributed by atoms with E-state index in [1.54, 1.807) is 29.2 Å². The molecule has 1 fully saturated rings. The molecule has 0 radical (unpaired) electrons. The van der Waals surface area contributed by atoms with Crippen molar-refractivity contribution in [2.75, 3.05) is 18.0 Å². The van der Waals surface area contributed by atoms with Gasteiger partial charge in [0.25, 0.3) is 0 Å². The van der Waals surface area contributed by atoms with Crippen LogP contribution < -0.4 is 10.5 Å². The molecule has 3 heterocycles. The third-order valence-electron chi connectivity index (χ3n) is 4.84. The minimum Gasteiger partial charge on any atom is -0.423 e. The molecule has 5 nitrogen and oxygen atoms in total. The Morgan fingerprint density at radius 1 is 1.11 bits per heavy atom. The zero-order chi connectivity index (χ0) is 18.2. The van der Waals surface area contributed by atoms with Gasteiger partial charge in [0, 0.05) is 30.3 Å². The second-order valence-corrected chi connectivity index (χ2v) is 8.76. The molecule has 0 unspecified atom stereocenters. The molecule has 0 spiro atoms. The summed E-state index contributed by atoms with van der Waals surface area (Å²) >= 11 is 3.25. The maximum absolute atomic E-state index is 12.0. The van der Waals surface area contributed by atoms with Crippen LogP contribution in [0.5, 0.6) is 0 Å². The fourth-order valence-electron chi connectivity index (χ4n) is 3.57. The molecule has 4 aromatic rings. The average Bonchev–Trinajstić information content (AvgIpc) is 3.37. The predicted molar refractivity (Wildman–Crippen MR) is 111 cm³/mol. The van der Waals surface area contributed by atoms with Gasteiger partial charge in [-0.05, 0) is 35.2 Å². The van der Waals surface area contributed by atoms with Gasteiger partial charge in [-0.15, -0.1) is 10.2 Å². The highest BCUT2D eigenvalue weighted by Crippen LogP contribution is 2.34. The van der Waals surface area contributed by atoms with Gasteiger partial charge in [-0.2, -0.15) is 0 Å². The van der Waals surface area contributed by atoms with Crippen molar-refractivity contribution in [2.24, 2.45) is 0 Å². The van der Waals surface area contributed by atoms with Crippen LogP contribution in [0.3, 0.4) is 0 Å². The monoisotopic (exact) mass is 395 g/mol. The number of anilines is 1. The lowest BCUT2D eigenvalue weighted by molar-refractivity contribution is 0.560. The first-order valence-corrected chi connectivity index (χ1v) is 10.7. The second-order valence-electron chi connectivity index (χ2n) is 6.58. The highest BCUT2D eigenvalue weighted by atomic mass is 32.2. The van der Waals surface area contributed by atoms with Gasteiger partial charge in [-0.3, -0.25) is 0 Å². The topological polar surface area (TPSA) is 59.2 Å². The van der Waals surface area contributed by atoms with Crippen molar-refractivity contribution in [1.29, 1.82) is 0 Å². The molecule has 7 heteroatoms. The molecule has 0 aliphatic carbocycles. The Morgan fingerprint density at radius 2 is 1.96 bits per heavy atom. The standard InChI is InChI=1S/C20H17N3O2S2/c24-17-11-14(12-26-20-22-21-19(27-20)23-9-3-4-10-23)18-15-6-2-1-5-13(15)7-8-16(18)25-17/h1-2,5-8,11H,3-4,9-10,12H2. The van der Waals surface area contributed by atoms with Gasteiger partial charge in [-0.25, -0.2) is 4.79 Å². The van der Waals surface area contributed by atoms with E-state index < -0.39 is 0 Å². The highest BCUT2D eigenvalue weighted by molar-refractivity contribution is 8.00. The van der Waals surface area contributed by atoms with Crippen LogP contribution in [0.2, 0.25) is 0 Å². The van der Waals surface area contributed by atoms with Crippen molar-refractivity contribution in [1.82, 2.24) is 10.2 Å². The van der Waals surface area contributed by atoms with Crippen molar-refractivity contribution < 1.29 is 4.42 Å². The summed E-state index contributed by atoms with van der Waals surface area (Å²) in [6.07, 6.45) is 2.45. The van der Waals surface area contributed by atoms with Gasteiger partial charge in [0.2, 0.25) is 5.13 Å². The van der Waals surface area contributed by atoms with E-state index in [2.05, 4.69) is 27.2 Å². The number of hydrogen-bond acceptors (Lipinski definition) is 7. The summed E-state index contributed by atoms with van der Waals surface area (Å²) in [7, 11) is 0. The summed E-state index contributed by atoms with van der Waals surface area (Å²) in [6, 6.07) is 13.6. The number of benzene rings is 2. The van der Waals surface area contributed by atoms with Gasteiger partial charge in [-0.1, -0.05) is 53.4 Å². The van der Waals surface area contributed by atoms with Crippen LogP contribution in [-0.4, -0.2) is 23.3 Å². The van der Waals surface area contributed by atoms with E-state index in [9.17, 15) is 4.79 Å². The minimum atomic E-state index is -0.316. The lowest BCUT2D eigenvalue weighted by Crippen LogP contribution is -2.17. The first-order chi connectivity index (χ1) is 13.3. The number of nitrogens with zero attached hydrogens (tertiary/aromatic N) is 3. The molecular formula is C20H17N3O2S2. The summed E-state index contributed by atoms with van der Waals surface area (Å²) < 4.78 is 6.37. The Bertz CT molecular complexity index is 1180. The molecule has 1 saturated heterocycles. The second kappa shape index (κ2) is 6.98. The van der Waals surface area contributed by atoms with E-state index in [1.807, 2.05) is 24.3 Å². The molecule has 27 heavy (non-hydrogen) atoms. The molecule has 136 valence electrons. The quantitative estimate of drug-likeness (QED) is 0.284. The molecule has 0 N–H and O–H groups in total. The van der Waals surface area contributed by atoms with Crippen molar-refractivity contribution in [3.8, 4) is 0 Å². The van der Waals surface area contributed by atoms with Gasteiger partial charge in [0.05, 0.1) is 0 Å². The van der Waals surface area contributed by atoms with Crippen molar-refractivity contribution in [2.45, 2.75) is 22.9 Å². The fourth-order valence-corrected chi connectivity index (χ4v) is 5.44. The molecule has 0 bridgehead atoms. The predicted octanol–water partition coefficient (Wildman–Crippen LogP) is 4.69. The Morgan fingerprint density at radius 3 is 2.85 bits per heavy atom. The van der Waals surface area contributed by atoms with Crippen LogP contribution in [-0.2, 0) is 5.75 Å². The van der Waals surface area contributed by atoms with E-state index in [1.165, 1.54) is 12.8 Å². The number of hydrogen-bond donors (Lipinski definition) is 0. The zero-order valence-corrected chi connectivity index (χ0v) is 16.2. The number of rotatable bonds is 4. The van der Waals surface area contributed by atoms with E-state index in [4.69, 9.17) is 4.42 Å². The van der Waals surface area contributed by atoms with Crippen LogP contribution >= 0.6 is 23.1 Å². The SMILES string of the molecule is O=c1cc(CSc2nnc(N3CCCC3)s2)c2c(ccc3ccccc32)o1. The Labute approximate surface area is 164 Å². The van der Waals surface area contributed by atoms with Crippen LogP contribution in [0.4, 0.5) is 5.13 Å². The maximum Gasteiger partial charge on any atom is 0.336 e. The minimum absolute atomic E-state index is 0.316. The summed E-state index contributed by atoms with van der Waals surface area (Å²) in [5.74, 6) is 0.657. The molecule has 0 saturated carbocycles. The van der Waals surface area contributed by atoms with Crippen LogP contribution in [0, 0.1) is 0 Å². The van der Waals surface area contributed by atoms with Gasteiger partial charge in [0.1, 0.15) is 5.58 Å². The normalized spacial score (nSPS) is 14.4. The largest absolute Gasteiger partial charge is 0.423 e. The van der Waals surface area contributed by atoms with E-state index >= 15 is 0 Å². The third-order valence-corrected chi connectivity index (χ3v) is 7.00. The smallest absolute Gasteiger partial charge is 0.336 e. The van der Waals surface area contributed by atoms with E-state index in [-0.39, 0.29) is 5.63 Å². The summed E-state index contributed by atoms with van der Waals surface area (Å²) in [6.45, 7) is 2.13. The molecule has 2 aromatic heterocycles. The molecule has 2 aromatic carbocycles. The Balaban J connectivity index is 1.49. The maximum atomic E-state index is 12.0. The van der Waals surface area contributed by atoms with Crippen molar-refractivity contribution in [3.63, 3.8) is 0 Å². The lowest BCUT2D eigenvalue weighted by atomic mass is 10.0. The lowest BCUT2D eigenvalue weighted by Gasteiger charge is -2.11. The number of fused-ring (bicyclic) bond motifs is 3. The van der Waals surface area contributed by atoms with Crippen molar-refractivity contribution in [3.05, 3.63) is 58.4 Å². The summed E-state index contributed by atoms with van der Waals surface area (Å²) in [5, 5.41) is 12.9. The molecule has 5 rings (SSSR count). The molecule has 0 atom stereocenters. The van der Waals surface area contributed by atoms with Crippen LogP contribution in [0.15, 0.2) is 56.0 Å². The highest BCUT2D eigenvalue weighted by Gasteiger charge is 2.17. The summed E-state index contributed by atoms with van der Waals surface area (Å²) in [4.78, 5) is 14.3. The number of thioether (sulfide) groups is 1. The number of aromatic nitrogens is 2. The average molecular weight is 396 g/mol. The van der Waals surface area contributed by atoms with Crippen molar-refractivity contribution >= 4 is 50.0 Å². The third kappa shape index (κ3) is 3.21. The van der Waals surface area contributed by atoms with E-state index in [0.29, 0.717) is 11.3 Å². The Hall–Kier alpha value is -2.38. The first kappa shape index (κ1) is 16.8. The van der Waals surface area contributed by atoms with Gasteiger partial charge >= 0.3 is 5.63 Å².